The first-order chi connectivity index (χ1) is 11.9. The second-order valence-corrected chi connectivity index (χ2v) is 7.30. The van der Waals surface area contributed by atoms with Crippen LogP contribution in [0.2, 0.25) is 15.1 Å². The summed E-state index contributed by atoms with van der Waals surface area (Å²) < 4.78 is 0. The van der Waals surface area contributed by atoms with Crippen LogP contribution in [0.15, 0.2) is 36.4 Å². The van der Waals surface area contributed by atoms with E-state index < -0.39 is 4.92 Å². The quantitative estimate of drug-likeness (QED) is 0.379. The maximum Gasteiger partial charge on any atom is 0.270 e. The molecule has 0 unspecified atom stereocenters. The average molecular weight is 420 g/mol. The molecule has 1 amide bonds. The molecule has 2 aromatic carbocycles. The molecule has 9 heteroatoms. The molecule has 0 saturated carbocycles. The Bertz CT molecular complexity index is 802. The number of amides is 1. The fourth-order valence-corrected chi connectivity index (χ4v) is 3.34. The van der Waals surface area contributed by atoms with Gasteiger partial charge in [0, 0.05) is 30.2 Å². The summed E-state index contributed by atoms with van der Waals surface area (Å²) in [5.74, 6) is 1.07. The molecule has 25 heavy (non-hydrogen) atoms. The predicted molar refractivity (Wildman–Crippen MR) is 103 cm³/mol. The highest BCUT2D eigenvalue weighted by atomic mass is 35.5. The standard InChI is InChI=1S/C16H13Cl3N2O3S/c17-13-4-1-10(7-15(13)19)9-25-6-5-20-16(22)12-3-2-11(21(23)24)8-14(12)18/h1-4,7-8H,5-6,9H2,(H,20,22). The maximum atomic E-state index is 12.1. The Balaban J connectivity index is 1.78. The van der Waals surface area contributed by atoms with Gasteiger partial charge in [-0.2, -0.15) is 11.8 Å². The summed E-state index contributed by atoms with van der Waals surface area (Å²) in [5.41, 5.74) is 1.10. The Morgan fingerprint density at radius 1 is 1.08 bits per heavy atom. The Morgan fingerprint density at radius 2 is 1.84 bits per heavy atom. The van der Waals surface area contributed by atoms with Gasteiger partial charge in [0.1, 0.15) is 0 Å². The Kier molecular flexibility index (Phi) is 7.38. The SMILES string of the molecule is O=C(NCCSCc1ccc(Cl)c(Cl)c1)c1ccc([N+](=O)[O-])cc1Cl. The van der Waals surface area contributed by atoms with Gasteiger partial charge < -0.3 is 5.32 Å². The Morgan fingerprint density at radius 3 is 2.48 bits per heavy atom. The molecule has 1 N–H and O–H groups in total. The van der Waals surface area contributed by atoms with Gasteiger partial charge in [-0.3, -0.25) is 14.9 Å². The molecule has 0 aromatic heterocycles. The fourth-order valence-electron chi connectivity index (χ4n) is 1.95. The van der Waals surface area contributed by atoms with Gasteiger partial charge in [0.15, 0.2) is 0 Å². The van der Waals surface area contributed by atoms with Crippen LogP contribution < -0.4 is 5.32 Å². The number of hydrogen-bond donors (Lipinski definition) is 1. The summed E-state index contributed by atoms with van der Waals surface area (Å²) in [5, 5.41) is 14.5. The third-order valence-corrected chi connectivity index (χ3v) is 5.27. The highest BCUT2D eigenvalue weighted by Gasteiger charge is 2.14. The number of thioether (sulfide) groups is 1. The molecule has 0 aliphatic rings. The smallest absolute Gasteiger partial charge is 0.270 e. The molecular formula is C16H13Cl3N2O3S. The van der Waals surface area contributed by atoms with E-state index in [0.717, 1.165) is 17.4 Å². The van der Waals surface area contributed by atoms with Crippen molar-refractivity contribution in [2.24, 2.45) is 0 Å². The molecule has 132 valence electrons. The summed E-state index contributed by atoms with van der Waals surface area (Å²) in [6.45, 7) is 0.443. The molecular weight excluding hydrogens is 407 g/mol. The normalized spacial score (nSPS) is 10.5. The van der Waals surface area contributed by atoms with E-state index in [1.807, 2.05) is 12.1 Å². The van der Waals surface area contributed by atoms with Gasteiger partial charge in [-0.25, -0.2) is 0 Å². The monoisotopic (exact) mass is 418 g/mol. The van der Waals surface area contributed by atoms with Gasteiger partial charge in [0.05, 0.1) is 25.6 Å². The zero-order chi connectivity index (χ0) is 18.4. The first kappa shape index (κ1) is 19.8. The van der Waals surface area contributed by atoms with Gasteiger partial charge in [-0.05, 0) is 23.8 Å². The van der Waals surface area contributed by atoms with Crippen LogP contribution in [0.4, 0.5) is 5.69 Å². The highest BCUT2D eigenvalue weighted by Crippen LogP contribution is 2.25. The summed E-state index contributed by atoms with van der Waals surface area (Å²) in [6, 6.07) is 9.22. The number of rotatable bonds is 7. The van der Waals surface area contributed by atoms with Crippen molar-refractivity contribution in [3.05, 3.63) is 72.7 Å². The van der Waals surface area contributed by atoms with Crippen LogP contribution in [0, 0.1) is 10.1 Å². The minimum atomic E-state index is -0.562. The second-order valence-electron chi connectivity index (χ2n) is 4.98. The molecule has 5 nitrogen and oxygen atoms in total. The molecule has 0 aliphatic heterocycles. The molecule has 0 bridgehead atoms. The number of benzene rings is 2. The van der Waals surface area contributed by atoms with Crippen LogP contribution in [-0.2, 0) is 5.75 Å². The topological polar surface area (TPSA) is 72.2 Å². The van der Waals surface area contributed by atoms with Crippen molar-refractivity contribution in [2.75, 3.05) is 12.3 Å². The van der Waals surface area contributed by atoms with Crippen LogP contribution in [0.5, 0.6) is 0 Å². The third kappa shape index (κ3) is 5.78. The molecule has 2 aromatic rings. The fraction of sp³-hybridized carbons (Fsp3) is 0.188. The summed E-state index contributed by atoms with van der Waals surface area (Å²) >= 11 is 19.4. The van der Waals surface area contributed by atoms with Crippen LogP contribution >= 0.6 is 46.6 Å². The van der Waals surface area contributed by atoms with E-state index in [1.165, 1.54) is 12.1 Å². The highest BCUT2D eigenvalue weighted by molar-refractivity contribution is 7.98. The molecule has 0 spiro atoms. The van der Waals surface area contributed by atoms with Crippen molar-refractivity contribution >= 4 is 58.2 Å². The largest absolute Gasteiger partial charge is 0.351 e. The molecule has 0 atom stereocenters. The van der Waals surface area contributed by atoms with E-state index in [2.05, 4.69) is 5.32 Å². The number of hydrogen-bond acceptors (Lipinski definition) is 4. The molecule has 0 aliphatic carbocycles. The van der Waals surface area contributed by atoms with Gasteiger partial charge >= 0.3 is 0 Å². The second kappa shape index (κ2) is 9.29. The molecule has 0 heterocycles. The lowest BCUT2D eigenvalue weighted by atomic mass is 10.2. The Labute approximate surface area is 163 Å². The van der Waals surface area contributed by atoms with Gasteiger partial charge in [-0.1, -0.05) is 40.9 Å². The zero-order valence-electron chi connectivity index (χ0n) is 12.8. The number of nitro benzene ring substituents is 1. The summed E-state index contributed by atoms with van der Waals surface area (Å²) in [7, 11) is 0. The summed E-state index contributed by atoms with van der Waals surface area (Å²) in [4.78, 5) is 22.2. The van der Waals surface area contributed by atoms with Crippen molar-refractivity contribution in [1.82, 2.24) is 5.32 Å². The van der Waals surface area contributed by atoms with E-state index in [0.29, 0.717) is 22.3 Å². The molecule has 2 rings (SSSR count). The lowest BCUT2D eigenvalue weighted by Gasteiger charge is -2.07. The van der Waals surface area contributed by atoms with Crippen molar-refractivity contribution in [3.8, 4) is 0 Å². The number of nitrogens with zero attached hydrogens (tertiary/aromatic N) is 1. The molecule has 0 saturated heterocycles. The van der Waals surface area contributed by atoms with E-state index in [9.17, 15) is 14.9 Å². The predicted octanol–water partition coefficient (Wildman–Crippen LogP) is 5.22. The van der Waals surface area contributed by atoms with Gasteiger partial charge in [-0.15, -0.1) is 0 Å². The lowest BCUT2D eigenvalue weighted by molar-refractivity contribution is -0.384. The summed E-state index contributed by atoms with van der Waals surface area (Å²) in [6.07, 6.45) is 0. The van der Waals surface area contributed by atoms with E-state index in [4.69, 9.17) is 34.8 Å². The number of halogens is 3. The number of carbonyl (C=O) groups is 1. The van der Waals surface area contributed by atoms with Crippen molar-refractivity contribution in [3.63, 3.8) is 0 Å². The minimum absolute atomic E-state index is 0.0511. The van der Waals surface area contributed by atoms with E-state index >= 15 is 0 Å². The number of nitrogens with one attached hydrogen (secondary N) is 1. The van der Waals surface area contributed by atoms with Crippen molar-refractivity contribution < 1.29 is 9.72 Å². The molecule has 0 radical (unpaired) electrons. The van der Waals surface area contributed by atoms with Crippen LogP contribution in [0.25, 0.3) is 0 Å². The molecule has 0 fully saturated rings. The lowest BCUT2D eigenvalue weighted by Crippen LogP contribution is -2.26. The van der Waals surface area contributed by atoms with Crippen LogP contribution in [0.3, 0.4) is 0 Å². The number of nitro groups is 1. The minimum Gasteiger partial charge on any atom is -0.351 e. The van der Waals surface area contributed by atoms with Gasteiger partial charge in [0.25, 0.3) is 11.6 Å². The average Bonchev–Trinajstić information content (AvgIpc) is 2.57. The van der Waals surface area contributed by atoms with Gasteiger partial charge in [0.2, 0.25) is 0 Å². The van der Waals surface area contributed by atoms with E-state index in [-0.39, 0.29) is 22.2 Å². The maximum absolute atomic E-state index is 12.1. The first-order valence-corrected chi connectivity index (χ1v) is 9.41. The first-order valence-electron chi connectivity index (χ1n) is 7.12. The van der Waals surface area contributed by atoms with E-state index in [1.54, 1.807) is 17.8 Å². The van der Waals surface area contributed by atoms with Crippen molar-refractivity contribution in [2.45, 2.75) is 5.75 Å². The number of carbonyl (C=O) groups excluding carboxylic acids is 1. The van der Waals surface area contributed by atoms with Crippen molar-refractivity contribution in [1.29, 1.82) is 0 Å². The van der Waals surface area contributed by atoms with Crippen LogP contribution in [-0.4, -0.2) is 23.1 Å². The third-order valence-electron chi connectivity index (χ3n) is 3.19. The number of non-ortho nitro benzene ring substituents is 1. The van der Waals surface area contributed by atoms with Crippen LogP contribution in [0.1, 0.15) is 15.9 Å². The zero-order valence-corrected chi connectivity index (χ0v) is 15.9. The Hall–Kier alpha value is -1.47.